The van der Waals surface area contributed by atoms with Gasteiger partial charge in [-0.25, -0.2) is 4.98 Å². The van der Waals surface area contributed by atoms with E-state index in [1.54, 1.807) is 20.8 Å². The molecule has 1 rings (SSSR count). The van der Waals surface area contributed by atoms with Gasteiger partial charge < -0.3 is 20.7 Å². The molecular formula is C14H24ClF3N4O2. The molecule has 0 aliphatic carbocycles. The minimum Gasteiger partial charge on any atom is -0.374 e. The second kappa shape index (κ2) is 7.71. The molecule has 24 heavy (non-hydrogen) atoms. The summed E-state index contributed by atoms with van der Waals surface area (Å²) in [7, 11) is 1.35. The van der Waals surface area contributed by atoms with E-state index >= 15 is 0 Å². The summed E-state index contributed by atoms with van der Waals surface area (Å²) >= 11 is 0. The fourth-order valence-corrected chi connectivity index (χ4v) is 2.01. The van der Waals surface area contributed by atoms with E-state index in [9.17, 15) is 23.1 Å². The lowest BCUT2D eigenvalue weighted by Crippen LogP contribution is -2.51. The average Bonchev–Trinajstić information content (AvgIpc) is 2.81. The Morgan fingerprint density at radius 2 is 1.96 bits per heavy atom. The molecule has 1 heterocycles. The Morgan fingerprint density at radius 3 is 2.33 bits per heavy atom. The third-order valence-corrected chi connectivity index (χ3v) is 3.66. The van der Waals surface area contributed by atoms with Gasteiger partial charge in [-0.3, -0.25) is 4.79 Å². The third-order valence-electron chi connectivity index (χ3n) is 3.66. The molecule has 0 radical (unpaired) electrons. The maximum atomic E-state index is 13.3. The molecule has 0 aliphatic heterocycles. The number of aliphatic hydroxyl groups is 1. The van der Waals surface area contributed by atoms with Crippen LogP contribution in [0.5, 0.6) is 0 Å². The van der Waals surface area contributed by atoms with Crippen LogP contribution >= 0.6 is 12.4 Å². The molecule has 1 unspecified atom stereocenters. The number of alkyl halides is 3. The highest BCUT2D eigenvalue weighted by molar-refractivity contribution is 5.85. The van der Waals surface area contributed by atoms with Gasteiger partial charge in [0, 0.05) is 32.4 Å². The summed E-state index contributed by atoms with van der Waals surface area (Å²) in [5.74, 6) is -1.10. The van der Waals surface area contributed by atoms with Gasteiger partial charge in [-0.2, -0.15) is 13.2 Å². The van der Waals surface area contributed by atoms with E-state index in [0.717, 1.165) is 4.57 Å². The number of nitrogens with two attached hydrogens (primary N) is 1. The van der Waals surface area contributed by atoms with Crippen LogP contribution in [0.25, 0.3) is 0 Å². The van der Waals surface area contributed by atoms with E-state index in [2.05, 4.69) is 10.3 Å². The van der Waals surface area contributed by atoms with Crippen LogP contribution in [0.4, 0.5) is 13.2 Å². The molecule has 0 fully saturated rings. The number of carbonyl (C=O) groups excluding carboxylic acids is 1. The van der Waals surface area contributed by atoms with E-state index in [-0.39, 0.29) is 19.0 Å². The Balaban J connectivity index is 0.00000529. The van der Waals surface area contributed by atoms with Crippen LogP contribution in [0.3, 0.4) is 0 Å². The van der Waals surface area contributed by atoms with Crippen LogP contribution in [-0.4, -0.2) is 39.3 Å². The Kier molecular flexibility index (Phi) is 7.29. The number of halogens is 4. The zero-order valence-corrected chi connectivity index (χ0v) is 14.8. The molecule has 10 heteroatoms. The maximum absolute atomic E-state index is 13.3. The van der Waals surface area contributed by atoms with E-state index < -0.39 is 41.4 Å². The number of hydrogen-bond acceptors (Lipinski definition) is 4. The van der Waals surface area contributed by atoms with Crippen molar-refractivity contribution in [1.82, 2.24) is 14.9 Å². The van der Waals surface area contributed by atoms with Crippen LogP contribution in [0, 0.1) is 5.41 Å². The van der Waals surface area contributed by atoms with Crippen molar-refractivity contribution >= 4 is 18.3 Å². The predicted molar refractivity (Wildman–Crippen MR) is 85.5 cm³/mol. The number of rotatable bonds is 5. The molecule has 0 bridgehead atoms. The zero-order valence-electron chi connectivity index (χ0n) is 14.0. The largest absolute Gasteiger partial charge is 0.424 e. The van der Waals surface area contributed by atoms with Crippen molar-refractivity contribution in [3.8, 4) is 0 Å². The Hall–Kier alpha value is -1.32. The highest BCUT2D eigenvalue weighted by Crippen LogP contribution is 2.40. The van der Waals surface area contributed by atoms with Crippen molar-refractivity contribution < 1.29 is 23.1 Å². The van der Waals surface area contributed by atoms with Crippen molar-refractivity contribution in [1.29, 1.82) is 0 Å². The van der Waals surface area contributed by atoms with Crippen molar-refractivity contribution in [3.63, 3.8) is 0 Å². The minimum atomic E-state index is -4.93. The predicted octanol–water partition coefficient (Wildman–Crippen LogP) is 1.47. The molecule has 1 aromatic rings. The molecule has 0 aliphatic rings. The molecular weight excluding hydrogens is 349 g/mol. The maximum Gasteiger partial charge on any atom is 0.424 e. The second-order valence-corrected chi connectivity index (χ2v) is 6.60. The quantitative estimate of drug-likeness (QED) is 0.729. The lowest BCUT2D eigenvalue weighted by atomic mass is 9.87. The summed E-state index contributed by atoms with van der Waals surface area (Å²) in [5, 5.41) is 12.4. The second-order valence-electron chi connectivity index (χ2n) is 6.60. The fraction of sp³-hybridized carbons (Fsp3) is 0.714. The molecule has 6 nitrogen and oxygen atoms in total. The monoisotopic (exact) mass is 372 g/mol. The number of imidazole rings is 1. The van der Waals surface area contributed by atoms with Gasteiger partial charge in [0.05, 0.1) is 6.04 Å². The molecule has 2 atom stereocenters. The Labute approximate surface area is 145 Å². The van der Waals surface area contributed by atoms with E-state index in [1.807, 2.05) is 0 Å². The van der Waals surface area contributed by atoms with Crippen molar-refractivity contribution in [2.45, 2.75) is 45.0 Å². The number of nitrogens with zero attached hydrogens (tertiary/aromatic N) is 2. The first-order valence-corrected chi connectivity index (χ1v) is 7.11. The summed E-state index contributed by atoms with van der Waals surface area (Å²) < 4.78 is 40.9. The van der Waals surface area contributed by atoms with Gasteiger partial charge in [0.25, 0.3) is 0 Å². The van der Waals surface area contributed by atoms with Gasteiger partial charge in [0.1, 0.15) is 5.82 Å². The number of amides is 1. The van der Waals surface area contributed by atoms with E-state index in [0.29, 0.717) is 0 Å². The summed E-state index contributed by atoms with van der Waals surface area (Å²) in [5.41, 5.74) is 2.06. The topological polar surface area (TPSA) is 93.2 Å². The summed E-state index contributed by atoms with van der Waals surface area (Å²) in [6.45, 7) is 4.86. The highest BCUT2D eigenvalue weighted by Gasteiger charge is 2.57. The van der Waals surface area contributed by atoms with E-state index in [1.165, 1.54) is 19.4 Å². The summed E-state index contributed by atoms with van der Waals surface area (Å²) in [4.78, 5) is 15.4. The van der Waals surface area contributed by atoms with Gasteiger partial charge >= 0.3 is 6.18 Å². The van der Waals surface area contributed by atoms with Crippen LogP contribution < -0.4 is 11.1 Å². The summed E-state index contributed by atoms with van der Waals surface area (Å²) in [6.07, 6.45) is -3.22. The lowest BCUT2D eigenvalue weighted by Gasteiger charge is -2.31. The number of aromatic nitrogens is 2. The number of aryl methyl sites for hydroxylation is 1. The number of carbonyl (C=O) groups is 1. The fourth-order valence-electron chi connectivity index (χ4n) is 2.01. The Bertz CT molecular complexity index is 557. The Morgan fingerprint density at radius 1 is 1.42 bits per heavy atom. The molecule has 0 aromatic carbocycles. The first kappa shape index (κ1) is 22.7. The number of hydrogen-bond donors (Lipinski definition) is 3. The smallest absolute Gasteiger partial charge is 0.374 e. The highest BCUT2D eigenvalue weighted by atomic mass is 35.5. The van der Waals surface area contributed by atoms with Gasteiger partial charge in [-0.05, 0) is 5.41 Å². The molecule has 1 aromatic heterocycles. The molecule has 0 spiro atoms. The van der Waals surface area contributed by atoms with Crippen LogP contribution in [0.15, 0.2) is 12.4 Å². The van der Waals surface area contributed by atoms with Gasteiger partial charge in [0.2, 0.25) is 11.5 Å². The summed E-state index contributed by atoms with van der Waals surface area (Å²) in [6, 6.07) is -0.866. The first-order valence-electron chi connectivity index (χ1n) is 7.11. The molecule has 140 valence electrons. The normalized spacial score (nSPS) is 16.0. The van der Waals surface area contributed by atoms with Crippen LogP contribution in [0.1, 0.15) is 33.0 Å². The van der Waals surface area contributed by atoms with Crippen molar-refractivity contribution in [3.05, 3.63) is 18.2 Å². The third kappa shape index (κ3) is 4.84. The minimum absolute atomic E-state index is 0. The molecule has 1 amide bonds. The van der Waals surface area contributed by atoms with Crippen LogP contribution in [0.2, 0.25) is 0 Å². The average molecular weight is 373 g/mol. The SMILES string of the molecule is Cl.Cn1ccnc1C(O)(CCNC(=O)[C@@H](N)C(C)(C)C)C(F)(F)F. The molecule has 0 saturated heterocycles. The van der Waals surface area contributed by atoms with Gasteiger partial charge in [0.15, 0.2) is 0 Å². The number of nitrogens with one attached hydrogen (secondary N) is 1. The molecule has 0 saturated carbocycles. The standard InChI is InChI=1S/C14H23F3N4O2.ClH/c1-12(2,3)9(18)10(22)19-6-5-13(23,14(15,16)17)11-20-7-8-21(11)4;/h7-9,23H,5-6,18H2,1-4H3,(H,19,22);1H/t9-,13?;/m1./s1. The lowest BCUT2D eigenvalue weighted by molar-refractivity contribution is -0.272. The van der Waals surface area contributed by atoms with Gasteiger partial charge in [-0.15, -0.1) is 12.4 Å². The zero-order chi connectivity index (χ0) is 18.1. The molecule has 4 N–H and O–H groups in total. The van der Waals surface area contributed by atoms with Gasteiger partial charge in [-0.1, -0.05) is 20.8 Å². The van der Waals surface area contributed by atoms with Crippen molar-refractivity contribution in [2.75, 3.05) is 6.54 Å². The van der Waals surface area contributed by atoms with Crippen molar-refractivity contribution in [2.24, 2.45) is 18.2 Å². The van der Waals surface area contributed by atoms with E-state index in [4.69, 9.17) is 5.73 Å². The van der Waals surface area contributed by atoms with Crippen LogP contribution in [-0.2, 0) is 17.4 Å². The first-order chi connectivity index (χ1) is 10.3.